The highest BCUT2D eigenvalue weighted by atomic mass is 32.2. The lowest BCUT2D eigenvalue weighted by molar-refractivity contribution is 0.589. The number of nitrogens with one attached hydrogen (secondary N) is 2. The van der Waals surface area contributed by atoms with E-state index in [1.807, 2.05) is 31.2 Å². The quantitative estimate of drug-likeness (QED) is 0.854. The smallest absolute Gasteiger partial charge is 0.232 e. The number of rotatable bonds is 5. The van der Waals surface area contributed by atoms with Crippen LogP contribution in [-0.2, 0) is 10.0 Å². The molecule has 1 fully saturated rings. The molecule has 0 aromatic heterocycles. The van der Waals surface area contributed by atoms with Crippen LogP contribution in [0.25, 0.3) is 0 Å². The molecule has 19 heavy (non-hydrogen) atoms. The van der Waals surface area contributed by atoms with Crippen LogP contribution in [-0.4, -0.2) is 40.3 Å². The zero-order chi connectivity index (χ0) is 13.7. The lowest BCUT2D eigenvalue weighted by atomic mass is 10.2. The van der Waals surface area contributed by atoms with Crippen molar-refractivity contribution in [1.29, 1.82) is 0 Å². The summed E-state index contributed by atoms with van der Waals surface area (Å²) in [6, 6.07) is 7.58. The van der Waals surface area contributed by atoms with Gasteiger partial charge in [0.15, 0.2) is 0 Å². The Labute approximate surface area is 115 Å². The zero-order valence-electron chi connectivity index (χ0n) is 11.2. The van der Waals surface area contributed by atoms with E-state index in [4.69, 9.17) is 0 Å². The van der Waals surface area contributed by atoms with E-state index in [-0.39, 0.29) is 5.75 Å². The normalized spacial score (nSPS) is 16.4. The van der Waals surface area contributed by atoms with E-state index in [9.17, 15) is 8.42 Å². The molecule has 1 aliphatic heterocycles. The summed E-state index contributed by atoms with van der Waals surface area (Å²) in [4.78, 5) is 2.29. The molecule has 2 N–H and O–H groups in total. The first-order valence-electron chi connectivity index (χ1n) is 6.67. The predicted molar refractivity (Wildman–Crippen MR) is 79.2 cm³/mol. The van der Waals surface area contributed by atoms with E-state index in [2.05, 4.69) is 14.9 Å². The van der Waals surface area contributed by atoms with Crippen molar-refractivity contribution in [2.75, 3.05) is 41.6 Å². The lowest BCUT2D eigenvalue weighted by Gasteiger charge is -2.29. The number of piperazine rings is 1. The van der Waals surface area contributed by atoms with Gasteiger partial charge in [0.2, 0.25) is 10.0 Å². The van der Waals surface area contributed by atoms with Crippen molar-refractivity contribution in [1.82, 2.24) is 5.32 Å². The number of sulfonamides is 1. The molecule has 1 heterocycles. The SMILES string of the molecule is CCCS(=O)(=O)Nc1ccc(N2CCNCC2)cc1. The molecule has 1 saturated heterocycles. The Kier molecular flexibility index (Phi) is 4.66. The minimum absolute atomic E-state index is 0.159. The van der Waals surface area contributed by atoms with Crippen molar-refractivity contribution in [3.63, 3.8) is 0 Å². The lowest BCUT2D eigenvalue weighted by Crippen LogP contribution is -2.43. The number of nitrogens with zero attached hydrogens (tertiary/aromatic N) is 1. The third kappa shape index (κ3) is 4.11. The van der Waals surface area contributed by atoms with Gasteiger partial charge in [0, 0.05) is 37.6 Å². The fraction of sp³-hybridized carbons (Fsp3) is 0.538. The van der Waals surface area contributed by atoms with Gasteiger partial charge in [-0.15, -0.1) is 0 Å². The predicted octanol–water partition coefficient (Wildman–Crippen LogP) is 1.25. The van der Waals surface area contributed by atoms with Crippen LogP contribution in [0.15, 0.2) is 24.3 Å². The Morgan fingerprint density at radius 3 is 2.42 bits per heavy atom. The Balaban J connectivity index is 2.02. The van der Waals surface area contributed by atoms with Crippen molar-refractivity contribution >= 4 is 21.4 Å². The summed E-state index contributed by atoms with van der Waals surface area (Å²) in [6.45, 7) is 5.81. The first-order valence-corrected chi connectivity index (χ1v) is 8.32. The molecule has 106 valence electrons. The van der Waals surface area contributed by atoms with Crippen LogP contribution in [0.3, 0.4) is 0 Å². The van der Waals surface area contributed by atoms with Crippen molar-refractivity contribution in [3.8, 4) is 0 Å². The highest BCUT2D eigenvalue weighted by Crippen LogP contribution is 2.19. The molecule has 5 nitrogen and oxygen atoms in total. The molecule has 0 aliphatic carbocycles. The second kappa shape index (κ2) is 6.25. The molecule has 1 aromatic rings. The molecule has 0 amide bonds. The van der Waals surface area contributed by atoms with E-state index in [0.717, 1.165) is 31.9 Å². The highest BCUT2D eigenvalue weighted by molar-refractivity contribution is 7.92. The fourth-order valence-electron chi connectivity index (χ4n) is 2.16. The minimum Gasteiger partial charge on any atom is -0.369 e. The monoisotopic (exact) mass is 283 g/mol. The molecule has 1 aliphatic rings. The maximum Gasteiger partial charge on any atom is 0.232 e. The van der Waals surface area contributed by atoms with Crippen LogP contribution in [0.2, 0.25) is 0 Å². The highest BCUT2D eigenvalue weighted by Gasteiger charge is 2.11. The molecule has 0 unspecified atom stereocenters. The zero-order valence-corrected chi connectivity index (χ0v) is 12.0. The Morgan fingerprint density at radius 1 is 1.21 bits per heavy atom. The molecular weight excluding hydrogens is 262 g/mol. The number of anilines is 2. The van der Waals surface area contributed by atoms with E-state index >= 15 is 0 Å². The van der Waals surface area contributed by atoms with Crippen LogP contribution in [0.5, 0.6) is 0 Å². The van der Waals surface area contributed by atoms with Crippen molar-refractivity contribution in [2.24, 2.45) is 0 Å². The largest absolute Gasteiger partial charge is 0.369 e. The average molecular weight is 283 g/mol. The minimum atomic E-state index is -3.20. The molecule has 0 radical (unpaired) electrons. The summed E-state index contributed by atoms with van der Waals surface area (Å²) >= 11 is 0. The van der Waals surface area contributed by atoms with Crippen molar-refractivity contribution in [3.05, 3.63) is 24.3 Å². The summed E-state index contributed by atoms with van der Waals surface area (Å²) in [5, 5.41) is 3.31. The van der Waals surface area contributed by atoms with Gasteiger partial charge in [-0.2, -0.15) is 0 Å². The summed E-state index contributed by atoms with van der Waals surface area (Å²) < 4.78 is 25.9. The van der Waals surface area contributed by atoms with Crippen LogP contribution in [0.4, 0.5) is 11.4 Å². The molecule has 6 heteroatoms. The topological polar surface area (TPSA) is 61.4 Å². The number of benzene rings is 1. The van der Waals surface area contributed by atoms with E-state index < -0.39 is 10.0 Å². The third-order valence-electron chi connectivity index (χ3n) is 3.10. The van der Waals surface area contributed by atoms with Gasteiger partial charge in [-0.1, -0.05) is 6.92 Å². The van der Waals surface area contributed by atoms with Crippen LogP contribution in [0, 0.1) is 0 Å². The van der Waals surface area contributed by atoms with Gasteiger partial charge >= 0.3 is 0 Å². The third-order valence-corrected chi connectivity index (χ3v) is 4.59. The molecule has 0 saturated carbocycles. The second-order valence-electron chi connectivity index (χ2n) is 4.70. The fourth-order valence-corrected chi connectivity index (χ4v) is 3.30. The first kappa shape index (κ1) is 14.1. The van der Waals surface area contributed by atoms with Crippen molar-refractivity contribution < 1.29 is 8.42 Å². The van der Waals surface area contributed by atoms with E-state index in [0.29, 0.717) is 12.1 Å². The molecule has 0 atom stereocenters. The van der Waals surface area contributed by atoms with Crippen LogP contribution in [0.1, 0.15) is 13.3 Å². The van der Waals surface area contributed by atoms with Crippen LogP contribution >= 0.6 is 0 Å². The van der Waals surface area contributed by atoms with Gasteiger partial charge < -0.3 is 10.2 Å². The molecule has 0 bridgehead atoms. The standard InChI is InChI=1S/C13H21N3O2S/c1-2-11-19(17,18)15-12-3-5-13(6-4-12)16-9-7-14-8-10-16/h3-6,14-15H,2,7-11H2,1H3. The summed E-state index contributed by atoms with van der Waals surface area (Å²) in [5.41, 5.74) is 1.77. The van der Waals surface area contributed by atoms with Gasteiger partial charge in [-0.05, 0) is 30.7 Å². The summed E-state index contributed by atoms with van der Waals surface area (Å²) in [6.07, 6.45) is 0.619. The maximum atomic E-state index is 11.7. The first-order chi connectivity index (χ1) is 9.11. The molecule has 0 spiro atoms. The average Bonchev–Trinajstić information content (AvgIpc) is 2.40. The Bertz CT molecular complexity index is 493. The van der Waals surface area contributed by atoms with Gasteiger partial charge in [0.05, 0.1) is 5.75 Å². The summed E-state index contributed by atoms with van der Waals surface area (Å²) in [7, 11) is -3.20. The van der Waals surface area contributed by atoms with Crippen molar-refractivity contribution in [2.45, 2.75) is 13.3 Å². The molecular formula is C13H21N3O2S. The van der Waals surface area contributed by atoms with Gasteiger partial charge in [0.25, 0.3) is 0 Å². The van der Waals surface area contributed by atoms with E-state index in [1.54, 1.807) is 0 Å². The Hall–Kier alpha value is -1.27. The maximum absolute atomic E-state index is 11.7. The summed E-state index contributed by atoms with van der Waals surface area (Å²) in [5.74, 6) is 0.159. The number of hydrogen-bond donors (Lipinski definition) is 2. The number of hydrogen-bond acceptors (Lipinski definition) is 4. The second-order valence-corrected chi connectivity index (χ2v) is 6.55. The van der Waals surface area contributed by atoms with Gasteiger partial charge in [-0.3, -0.25) is 4.72 Å². The Morgan fingerprint density at radius 2 is 1.84 bits per heavy atom. The van der Waals surface area contributed by atoms with E-state index in [1.165, 1.54) is 0 Å². The molecule has 1 aromatic carbocycles. The van der Waals surface area contributed by atoms with Crippen LogP contribution < -0.4 is 14.9 Å². The van der Waals surface area contributed by atoms with Gasteiger partial charge in [-0.25, -0.2) is 8.42 Å². The molecule has 2 rings (SSSR count). The van der Waals surface area contributed by atoms with Gasteiger partial charge in [0.1, 0.15) is 0 Å².